The van der Waals surface area contributed by atoms with Gasteiger partial charge in [-0.25, -0.2) is 0 Å². The van der Waals surface area contributed by atoms with Crippen molar-refractivity contribution in [2.24, 2.45) is 7.05 Å². The third-order valence-corrected chi connectivity index (χ3v) is 3.89. The molecule has 1 N–H and O–H groups in total. The van der Waals surface area contributed by atoms with Crippen LogP contribution in [0.4, 0.5) is 0 Å². The Morgan fingerprint density at radius 2 is 2.30 bits per heavy atom. The minimum absolute atomic E-state index is 0.0750. The summed E-state index contributed by atoms with van der Waals surface area (Å²) in [5.74, 6) is 0.903. The molecule has 6 heteroatoms. The van der Waals surface area contributed by atoms with Crippen molar-refractivity contribution >= 4 is 26.9 Å². The molecule has 20 heavy (non-hydrogen) atoms. The maximum absolute atomic E-state index is 5.97. The summed E-state index contributed by atoms with van der Waals surface area (Å²) in [4.78, 5) is 0. The zero-order chi connectivity index (χ0) is 14.1. The first-order valence-electron chi connectivity index (χ1n) is 6.38. The Morgan fingerprint density at radius 3 is 2.95 bits per heavy atom. The van der Waals surface area contributed by atoms with Crippen LogP contribution >= 0.6 is 15.9 Å². The summed E-state index contributed by atoms with van der Waals surface area (Å²) in [6.45, 7) is 0. The third kappa shape index (κ3) is 2.48. The fourth-order valence-electron chi connectivity index (χ4n) is 2.26. The highest BCUT2D eigenvalue weighted by Crippen LogP contribution is 2.30. The van der Waals surface area contributed by atoms with Crippen LogP contribution in [-0.2, 0) is 13.5 Å². The van der Waals surface area contributed by atoms with Gasteiger partial charge < -0.3 is 9.73 Å². The fourth-order valence-corrected chi connectivity index (χ4v) is 2.72. The van der Waals surface area contributed by atoms with Crippen LogP contribution in [0.5, 0.6) is 0 Å². The number of hydrogen-bond acceptors (Lipinski definition) is 4. The normalized spacial score (nSPS) is 12.9. The van der Waals surface area contributed by atoms with Crippen LogP contribution in [0.25, 0.3) is 11.0 Å². The van der Waals surface area contributed by atoms with E-state index in [2.05, 4.69) is 37.6 Å². The average molecular weight is 335 g/mol. The van der Waals surface area contributed by atoms with E-state index >= 15 is 0 Å². The summed E-state index contributed by atoms with van der Waals surface area (Å²) in [6.07, 6.45) is 2.66. The summed E-state index contributed by atoms with van der Waals surface area (Å²) < 4.78 is 8.64. The van der Waals surface area contributed by atoms with Gasteiger partial charge in [-0.15, -0.1) is 5.10 Å². The molecule has 0 saturated heterocycles. The Kier molecular flexibility index (Phi) is 3.58. The number of furan rings is 1. The van der Waals surface area contributed by atoms with Crippen molar-refractivity contribution in [3.05, 3.63) is 46.4 Å². The van der Waals surface area contributed by atoms with E-state index in [-0.39, 0.29) is 6.04 Å². The first-order chi connectivity index (χ1) is 9.67. The van der Waals surface area contributed by atoms with Gasteiger partial charge in [-0.3, -0.25) is 4.68 Å². The zero-order valence-corrected chi connectivity index (χ0v) is 12.9. The maximum atomic E-state index is 5.97. The van der Waals surface area contributed by atoms with E-state index in [1.54, 1.807) is 4.68 Å². The second kappa shape index (κ2) is 5.38. The van der Waals surface area contributed by atoms with Gasteiger partial charge in [0.1, 0.15) is 11.3 Å². The molecule has 2 heterocycles. The van der Waals surface area contributed by atoms with Crippen LogP contribution in [0, 0.1) is 0 Å². The highest BCUT2D eigenvalue weighted by molar-refractivity contribution is 9.10. The van der Waals surface area contributed by atoms with Crippen molar-refractivity contribution in [1.29, 1.82) is 0 Å². The van der Waals surface area contributed by atoms with Crippen LogP contribution in [-0.4, -0.2) is 22.0 Å². The Labute approximate surface area is 125 Å². The van der Waals surface area contributed by atoms with Crippen molar-refractivity contribution < 1.29 is 4.42 Å². The molecule has 1 atom stereocenters. The SMILES string of the molecule is CNC(Cc1cn(C)nn1)c1cc2cccc(Br)c2o1. The van der Waals surface area contributed by atoms with Crippen molar-refractivity contribution in [3.63, 3.8) is 0 Å². The summed E-state index contributed by atoms with van der Waals surface area (Å²) in [5, 5.41) is 12.4. The van der Waals surface area contributed by atoms with Crippen molar-refractivity contribution in [1.82, 2.24) is 20.3 Å². The highest BCUT2D eigenvalue weighted by atomic mass is 79.9. The molecule has 0 radical (unpaired) electrons. The standard InChI is InChI=1S/C14H15BrN4O/c1-16-12(7-10-8-19(2)18-17-10)13-6-9-4-3-5-11(15)14(9)20-13/h3-6,8,12,16H,7H2,1-2H3. The van der Waals surface area contributed by atoms with Crippen LogP contribution < -0.4 is 5.32 Å². The lowest BCUT2D eigenvalue weighted by atomic mass is 10.1. The number of aromatic nitrogens is 3. The molecule has 0 aliphatic carbocycles. The molecule has 0 amide bonds. The number of halogens is 1. The monoisotopic (exact) mass is 334 g/mol. The Hall–Kier alpha value is -1.66. The molecule has 5 nitrogen and oxygen atoms in total. The van der Waals surface area contributed by atoms with Crippen molar-refractivity contribution in [2.45, 2.75) is 12.5 Å². The minimum Gasteiger partial charge on any atom is -0.458 e. The number of hydrogen-bond donors (Lipinski definition) is 1. The van der Waals surface area contributed by atoms with E-state index in [0.29, 0.717) is 0 Å². The molecule has 1 unspecified atom stereocenters. The van der Waals surface area contributed by atoms with Crippen LogP contribution in [0.15, 0.2) is 39.4 Å². The molecule has 0 aliphatic heterocycles. The summed E-state index contributed by atoms with van der Waals surface area (Å²) in [5.41, 5.74) is 1.81. The van der Waals surface area contributed by atoms with E-state index in [1.165, 1.54) is 0 Å². The fraction of sp³-hybridized carbons (Fsp3) is 0.286. The number of nitrogens with one attached hydrogen (secondary N) is 1. The van der Waals surface area contributed by atoms with Gasteiger partial charge in [-0.1, -0.05) is 17.3 Å². The van der Waals surface area contributed by atoms with Crippen molar-refractivity contribution in [3.8, 4) is 0 Å². The maximum Gasteiger partial charge on any atom is 0.148 e. The lowest BCUT2D eigenvalue weighted by Gasteiger charge is -2.11. The number of para-hydroxylation sites is 1. The van der Waals surface area contributed by atoms with Gasteiger partial charge in [-0.2, -0.15) is 0 Å². The van der Waals surface area contributed by atoms with Crippen LogP contribution in [0.1, 0.15) is 17.5 Å². The third-order valence-electron chi connectivity index (χ3n) is 3.27. The molecular weight excluding hydrogens is 320 g/mol. The number of benzene rings is 1. The van der Waals surface area contributed by atoms with E-state index in [0.717, 1.165) is 33.3 Å². The van der Waals surface area contributed by atoms with Gasteiger partial charge in [0.2, 0.25) is 0 Å². The molecule has 2 aromatic heterocycles. The van der Waals surface area contributed by atoms with E-state index in [9.17, 15) is 0 Å². The van der Waals surface area contributed by atoms with E-state index in [1.807, 2.05) is 38.5 Å². The lowest BCUT2D eigenvalue weighted by molar-refractivity contribution is 0.447. The largest absolute Gasteiger partial charge is 0.458 e. The van der Waals surface area contributed by atoms with E-state index < -0.39 is 0 Å². The second-order valence-electron chi connectivity index (χ2n) is 4.74. The molecule has 3 rings (SSSR count). The molecule has 0 fully saturated rings. The van der Waals surface area contributed by atoms with Crippen LogP contribution in [0.2, 0.25) is 0 Å². The summed E-state index contributed by atoms with van der Waals surface area (Å²) in [7, 11) is 3.78. The van der Waals surface area contributed by atoms with Gasteiger partial charge in [0, 0.05) is 25.1 Å². The molecule has 104 valence electrons. The van der Waals surface area contributed by atoms with Gasteiger partial charge in [0.05, 0.1) is 16.2 Å². The first kappa shape index (κ1) is 13.3. The summed E-state index contributed by atoms with van der Waals surface area (Å²) >= 11 is 3.51. The molecule has 0 saturated carbocycles. The summed E-state index contributed by atoms with van der Waals surface area (Å²) in [6, 6.07) is 8.17. The lowest BCUT2D eigenvalue weighted by Crippen LogP contribution is -2.18. The molecule has 0 spiro atoms. The van der Waals surface area contributed by atoms with Crippen LogP contribution in [0.3, 0.4) is 0 Å². The smallest absolute Gasteiger partial charge is 0.148 e. The Balaban J connectivity index is 1.92. The minimum atomic E-state index is 0.0750. The number of nitrogens with zero attached hydrogens (tertiary/aromatic N) is 3. The predicted octanol–water partition coefficient (Wildman–Crippen LogP) is 2.83. The van der Waals surface area contributed by atoms with Gasteiger partial charge >= 0.3 is 0 Å². The number of rotatable bonds is 4. The Bertz CT molecular complexity index is 734. The molecule has 1 aromatic carbocycles. The topological polar surface area (TPSA) is 55.9 Å². The number of fused-ring (bicyclic) bond motifs is 1. The Morgan fingerprint density at radius 1 is 1.45 bits per heavy atom. The highest BCUT2D eigenvalue weighted by Gasteiger charge is 2.17. The van der Waals surface area contributed by atoms with Crippen molar-refractivity contribution in [2.75, 3.05) is 7.05 Å². The average Bonchev–Trinajstić information content (AvgIpc) is 3.03. The van der Waals surface area contributed by atoms with Gasteiger partial charge in [0.25, 0.3) is 0 Å². The van der Waals surface area contributed by atoms with Gasteiger partial charge in [0.15, 0.2) is 0 Å². The second-order valence-corrected chi connectivity index (χ2v) is 5.59. The first-order valence-corrected chi connectivity index (χ1v) is 7.17. The van der Waals surface area contributed by atoms with Gasteiger partial charge in [-0.05, 0) is 35.1 Å². The number of likely N-dealkylation sites (N-methyl/N-ethyl adjacent to an activating group) is 1. The molecular formula is C14H15BrN4O. The van der Waals surface area contributed by atoms with E-state index in [4.69, 9.17) is 4.42 Å². The quantitative estimate of drug-likeness (QED) is 0.797. The number of aryl methyl sites for hydroxylation is 1. The molecule has 0 bridgehead atoms. The molecule has 0 aliphatic rings. The molecule has 3 aromatic rings. The predicted molar refractivity (Wildman–Crippen MR) is 80.4 cm³/mol. The zero-order valence-electron chi connectivity index (χ0n) is 11.3.